The van der Waals surface area contributed by atoms with Gasteiger partial charge in [-0.1, -0.05) is 11.6 Å². The lowest BCUT2D eigenvalue weighted by Gasteiger charge is -2.39. The number of anilines is 1. The zero-order valence-electron chi connectivity index (χ0n) is 16.5. The summed E-state index contributed by atoms with van der Waals surface area (Å²) in [7, 11) is 0. The van der Waals surface area contributed by atoms with Crippen molar-refractivity contribution in [3.8, 4) is 5.75 Å². The van der Waals surface area contributed by atoms with Gasteiger partial charge in [-0.25, -0.2) is 0 Å². The molecule has 11 heteroatoms. The molecule has 2 aliphatic rings. The van der Waals surface area contributed by atoms with E-state index in [0.717, 1.165) is 0 Å². The van der Waals surface area contributed by atoms with Crippen LogP contribution in [0.2, 0.25) is 5.02 Å². The van der Waals surface area contributed by atoms with E-state index < -0.39 is 37.3 Å². The molecule has 0 radical (unpaired) electrons. The standard InChI is InChI=1S/C21H20ClN3O7/c22-11-3-6-14-13(7-11)16(20(30)24-14)25-23-8-10-1-4-12(5-2-10)31-21-19(29)18(28)17(27)15(9-26)32-21/h1-8,15,17-19,21,26-29H,9H2,(H,24,25,30)/b23-8+/t15-,17-,18-,19-,21-/m0/s1. The summed E-state index contributed by atoms with van der Waals surface area (Å²) >= 11 is 5.98. The molecule has 0 unspecified atom stereocenters. The number of carbonyl (C=O) groups excluding carboxylic acids is 1. The molecule has 5 atom stereocenters. The minimum absolute atomic E-state index is 0.154. The number of nitrogens with one attached hydrogen (secondary N) is 1. The lowest BCUT2D eigenvalue weighted by Crippen LogP contribution is -2.60. The highest BCUT2D eigenvalue weighted by atomic mass is 35.5. The lowest BCUT2D eigenvalue weighted by atomic mass is 9.99. The first-order valence-corrected chi connectivity index (χ1v) is 10.0. The van der Waals surface area contributed by atoms with Crippen molar-refractivity contribution in [1.82, 2.24) is 0 Å². The molecule has 0 aromatic heterocycles. The normalized spacial score (nSPS) is 28.7. The third-order valence-corrected chi connectivity index (χ3v) is 5.28. The Morgan fingerprint density at radius 3 is 2.56 bits per heavy atom. The third kappa shape index (κ3) is 4.51. The molecule has 0 spiro atoms. The number of halogens is 1. The molecule has 2 aromatic carbocycles. The van der Waals surface area contributed by atoms with E-state index in [0.29, 0.717) is 27.6 Å². The van der Waals surface area contributed by atoms with E-state index in [1.165, 1.54) is 6.21 Å². The van der Waals surface area contributed by atoms with Crippen LogP contribution in [0.25, 0.3) is 0 Å². The number of aliphatic hydroxyl groups is 4. The van der Waals surface area contributed by atoms with Gasteiger partial charge in [0.2, 0.25) is 6.29 Å². The van der Waals surface area contributed by atoms with Crippen molar-refractivity contribution in [2.24, 2.45) is 10.2 Å². The Morgan fingerprint density at radius 2 is 1.84 bits per heavy atom. The van der Waals surface area contributed by atoms with Gasteiger partial charge in [0.05, 0.1) is 18.5 Å². The lowest BCUT2D eigenvalue weighted by molar-refractivity contribution is -0.277. The Kier molecular flexibility index (Phi) is 6.51. The number of aliphatic hydroxyl groups excluding tert-OH is 4. The van der Waals surface area contributed by atoms with Gasteiger partial charge in [0.25, 0.3) is 5.91 Å². The maximum absolute atomic E-state index is 12.1. The summed E-state index contributed by atoms with van der Waals surface area (Å²) in [5.74, 6) is -0.0563. The van der Waals surface area contributed by atoms with Gasteiger partial charge in [0.15, 0.2) is 5.71 Å². The fourth-order valence-corrected chi connectivity index (χ4v) is 3.48. The van der Waals surface area contributed by atoms with E-state index in [1.54, 1.807) is 42.5 Å². The molecule has 5 N–H and O–H groups in total. The number of hydrogen-bond donors (Lipinski definition) is 5. The van der Waals surface area contributed by atoms with Gasteiger partial charge < -0.3 is 35.2 Å². The van der Waals surface area contributed by atoms with Crippen molar-refractivity contribution < 1.29 is 34.7 Å². The highest BCUT2D eigenvalue weighted by Crippen LogP contribution is 2.27. The Balaban J connectivity index is 1.43. The molecule has 0 saturated carbocycles. The molecule has 0 bridgehead atoms. The van der Waals surface area contributed by atoms with Gasteiger partial charge in [0, 0.05) is 10.6 Å². The van der Waals surface area contributed by atoms with Crippen LogP contribution < -0.4 is 10.1 Å². The summed E-state index contributed by atoms with van der Waals surface area (Å²) < 4.78 is 10.8. The molecular formula is C21H20ClN3O7. The maximum atomic E-state index is 12.1. The van der Waals surface area contributed by atoms with Crippen molar-refractivity contribution >= 4 is 35.1 Å². The van der Waals surface area contributed by atoms with Crippen LogP contribution in [-0.2, 0) is 9.53 Å². The number of carbonyl (C=O) groups is 1. The van der Waals surface area contributed by atoms with Crippen molar-refractivity contribution in [1.29, 1.82) is 0 Å². The second kappa shape index (κ2) is 9.33. The van der Waals surface area contributed by atoms with E-state index in [4.69, 9.17) is 21.1 Å². The average Bonchev–Trinajstić information content (AvgIpc) is 3.09. The van der Waals surface area contributed by atoms with E-state index in [9.17, 15) is 25.2 Å². The van der Waals surface area contributed by atoms with E-state index in [2.05, 4.69) is 15.5 Å². The number of amides is 1. The maximum Gasteiger partial charge on any atom is 0.276 e. The number of ether oxygens (including phenoxy) is 2. The van der Waals surface area contributed by atoms with Gasteiger partial charge in [0.1, 0.15) is 30.2 Å². The molecule has 1 fully saturated rings. The average molecular weight is 462 g/mol. The Labute approximate surface area is 187 Å². The second-order valence-electron chi connectivity index (χ2n) is 7.22. The SMILES string of the molecule is O=C1Nc2ccc(Cl)cc2/C1=N/N=C/c1ccc(O[C@H]2O[C@@H](CO)[C@H](O)[C@H](O)[C@@H]2O)cc1. The topological polar surface area (TPSA) is 153 Å². The van der Waals surface area contributed by atoms with E-state index in [-0.39, 0.29) is 11.6 Å². The van der Waals surface area contributed by atoms with Crippen LogP contribution in [0, 0.1) is 0 Å². The summed E-state index contributed by atoms with van der Waals surface area (Å²) in [4.78, 5) is 12.1. The van der Waals surface area contributed by atoms with Crippen LogP contribution in [0.15, 0.2) is 52.7 Å². The van der Waals surface area contributed by atoms with Crippen LogP contribution in [0.4, 0.5) is 5.69 Å². The number of rotatable bonds is 5. The molecule has 32 heavy (non-hydrogen) atoms. The monoisotopic (exact) mass is 461 g/mol. The Bertz CT molecular complexity index is 1060. The summed E-state index contributed by atoms with van der Waals surface area (Å²) in [6.45, 7) is -0.544. The molecule has 1 amide bonds. The largest absolute Gasteiger partial charge is 0.462 e. The van der Waals surface area contributed by atoms with Gasteiger partial charge in [-0.3, -0.25) is 4.79 Å². The summed E-state index contributed by atoms with van der Waals surface area (Å²) in [5, 5.41) is 50.1. The molecule has 10 nitrogen and oxygen atoms in total. The molecule has 1 saturated heterocycles. The van der Waals surface area contributed by atoms with Gasteiger partial charge in [-0.05, 0) is 48.0 Å². The smallest absolute Gasteiger partial charge is 0.276 e. The minimum Gasteiger partial charge on any atom is -0.462 e. The summed E-state index contributed by atoms with van der Waals surface area (Å²) in [6.07, 6.45) is -5.37. The van der Waals surface area contributed by atoms with Gasteiger partial charge in [-0.15, -0.1) is 5.10 Å². The summed E-state index contributed by atoms with van der Waals surface area (Å²) in [6, 6.07) is 11.5. The Morgan fingerprint density at radius 1 is 1.09 bits per heavy atom. The number of hydrogen-bond acceptors (Lipinski definition) is 9. The zero-order chi connectivity index (χ0) is 22.8. The molecule has 4 rings (SSSR count). The van der Waals surface area contributed by atoms with Crippen molar-refractivity contribution in [3.63, 3.8) is 0 Å². The van der Waals surface area contributed by atoms with Crippen LogP contribution in [-0.4, -0.2) is 75.6 Å². The molecule has 2 heterocycles. The number of nitrogens with zero attached hydrogens (tertiary/aromatic N) is 2. The fourth-order valence-electron chi connectivity index (χ4n) is 3.31. The van der Waals surface area contributed by atoms with E-state index >= 15 is 0 Å². The Hall–Kier alpha value is -2.86. The number of fused-ring (bicyclic) bond motifs is 1. The molecule has 168 valence electrons. The van der Waals surface area contributed by atoms with E-state index in [1.807, 2.05) is 0 Å². The van der Waals surface area contributed by atoms with Crippen LogP contribution in [0.5, 0.6) is 5.75 Å². The first-order chi connectivity index (χ1) is 15.4. The quantitative estimate of drug-likeness (QED) is 0.317. The van der Waals surface area contributed by atoms with Gasteiger partial charge in [-0.2, -0.15) is 5.10 Å². The predicted octanol–water partition coefficient (Wildman–Crippen LogP) is 0.294. The minimum atomic E-state index is -1.52. The molecule has 2 aromatic rings. The van der Waals surface area contributed by atoms with Crippen molar-refractivity contribution in [3.05, 3.63) is 58.6 Å². The zero-order valence-corrected chi connectivity index (χ0v) is 17.3. The molecule has 0 aliphatic carbocycles. The fraction of sp³-hybridized carbons (Fsp3) is 0.286. The van der Waals surface area contributed by atoms with Crippen LogP contribution in [0.1, 0.15) is 11.1 Å². The molecular weight excluding hydrogens is 442 g/mol. The predicted molar refractivity (Wildman–Crippen MR) is 115 cm³/mol. The van der Waals surface area contributed by atoms with Crippen molar-refractivity contribution in [2.45, 2.75) is 30.7 Å². The highest BCUT2D eigenvalue weighted by Gasteiger charge is 2.44. The number of benzene rings is 2. The third-order valence-electron chi connectivity index (χ3n) is 5.05. The van der Waals surface area contributed by atoms with Gasteiger partial charge >= 0.3 is 0 Å². The van der Waals surface area contributed by atoms with Crippen LogP contribution in [0.3, 0.4) is 0 Å². The first-order valence-electron chi connectivity index (χ1n) is 9.67. The first kappa shape index (κ1) is 22.3. The summed E-state index contributed by atoms with van der Waals surface area (Å²) in [5.41, 5.74) is 1.99. The van der Waals surface area contributed by atoms with Crippen molar-refractivity contribution in [2.75, 3.05) is 11.9 Å². The second-order valence-corrected chi connectivity index (χ2v) is 7.66. The van der Waals surface area contributed by atoms with Crippen LogP contribution >= 0.6 is 11.6 Å². The highest BCUT2D eigenvalue weighted by molar-refractivity contribution is 6.54. The molecule has 2 aliphatic heterocycles.